The predicted molar refractivity (Wildman–Crippen MR) is 117 cm³/mol. The summed E-state index contributed by atoms with van der Waals surface area (Å²) in [4.78, 5) is 20.6. The molecule has 5 nitrogen and oxygen atoms in total. The molecule has 1 N–H and O–H groups in total. The number of aromatic nitrogens is 1. The molecule has 2 aliphatic rings. The van der Waals surface area contributed by atoms with E-state index in [-0.39, 0.29) is 18.0 Å². The quantitative estimate of drug-likeness (QED) is 0.532. The lowest BCUT2D eigenvalue weighted by Gasteiger charge is -2.37. The van der Waals surface area contributed by atoms with Gasteiger partial charge in [-0.05, 0) is 41.5 Å². The highest BCUT2D eigenvalue weighted by atomic mass is 32.1. The first-order chi connectivity index (χ1) is 14.1. The van der Waals surface area contributed by atoms with Gasteiger partial charge in [0.15, 0.2) is 5.11 Å². The summed E-state index contributed by atoms with van der Waals surface area (Å²) in [6.07, 6.45) is 2.36. The van der Waals surface area contributed by atoms with E-state index in [1.165, 1.54) is 10.9 Å². The van der Waals surface area contributed by atoms with Crippen molar-refractivity contribution in [3.8, 4) is 5.75 Å². The van der Waals surface area contributed by atoms with Gasteiger partial charge in [0, 0.05) is 29.6 Å². The minimum absolute atomic E-state index is 0.0457. The smallest absolute Gasteiger partial charge is 0.252 e. The zero-order valence-electron chi connectivity index (χ0n) is 16.1. The Morgan fingerprint density at radius 2 is 2.00 bits per heavy atom. The molecule has 146 valence electrons. The maximum atomic E-state index is 13.2. The number of carbonyl (C=O) groups excluding carboxylic acids is 1. The van der Waals surface area contributed by atoms with Crippen molar-refractivity contribution < 1.29 is 9.53 Å². The fraction of sp³-hybridized carbons (Fsp3) is 0.217. The number of aromatic amines is 1. The number of nitrogens with zero attached hydrogens (tertiary/aromatic N) is 2. The van der Waals surface area contributed by atoms with E-state index in [4.69, 9.17) is 17.0 Å². The lowest BCUT2D eigenvalue weighted by atomic mass is 9.89. The number of ether oxygens (including phenoxy) is 1. The van der Waals surface area contributed by atoms with Gasteiger partial charge < -0.3 is 14.6 Å². The molecule has 0 unspecified atom stereocenters. The Morgan fingerprint density at radius 3 is 2.72 bits per heavy atom. The Hall–Kier alpha value is -3.12. The van der Waals surface area contributed by atoms with Gasteiger partial charge in [-0.25, -0.2) is 0 Å². The van der Waals surface area contributed by atoms with E-state index < -0.39 is 0 Å². The summed E-state index contributed by atoms with van der Waals surface area (Å²) in [5.74, 6) is 0.843. The van der Waals surface area contributed by atoms with E-state index in [2.05, 4.69) is 28.6 Å². The van der Waals surface area contributed by atoms with Crippen LogP contribution in [0.3, 0.4) is 0 Å². The van der Waals surface area contributed by atoms with Crippen molar-refractivity contribution in [3.05, 3.63) is 78.0 Å². The Bertz CT molecular complexity index is 1130. The second-order valence-electron chi connectivity index (χ2n) is 7.39. The first kappa shape index (κ1) is 17.9. The van der Waals surface area contributed by atoms with Crippen LogP contribution < -0.4 is 4.74 Å². The maximum Gasteiger partial charge on any atom is 0.252 e. The Balaban J connectivity index is 1.71. The summed E-state index contributed by atoms with van der Waals surface area (Å²) >= 11 is 5.76. The van der Waals surface area contributed by atoms with Crippen molar-refractivity contribution in [2.75, 3.05) is 13.7 Å². The highest BCUT2D eigenvalue weighted by Crippen LogP contribution is 2.44. The molecule has 3 aromatic rings. The zero-order valence-corrected chi connectivity index (χ0v) is 16.9. The molecular weight excluding hydrogens is 382 g/mol. The van der Waals surface area contributed by atoms with Crippen molar-refractivity contribution >= 4 is 34.1 Å². The van der Waals surface area contributed by atoms with Crippen LogP contribution in [0.25, 0.3) is 10.9 Å². The van der Waals surface area contributed by atoms with Gasteiger partial charge in [-0.2, -0.15) is 0 Å². The number of H-pyrrole nitrogens is 1. The molecule has 0 aliphatic carbocycles. The van der Waals surface area contributed by atoms with E-state index in [9.17, 15) is 4.79 Å². The van der Waals surface area contributed by atoms with E-state index in [0.29, 0.717) is 18.1 Å². The number of benzene rings is 2. The first-order valence-corrected chi connectivity index (χ1v) is 10.0. The number of thiocarbonyl (C=S) groups is 1. The normalized spacial score (nSPS) is 20.7. The molecule has 29 heavy (non-hydrogen) atoms. The monoisotopic (exact) mass is 403 g/mol. The van der Waals surface area contributed by atoms with Gasteiger partial charge in [-0.3, -0.25) is 9.69 Å². The van der Waals surface area contributed by atoms with Crippen LogP contribution in [0.5, 0.6) is 5.75 Å². The van der Waals surface area contributed by atoms with E-state index in [0.717, 1.165) is 22.5 Å². The van der Waals surface area contributed by atoms with Gasteiger partial charge in [-0.1, -0.05) is 36.4 Å². The van der Waals surface area contributed by atoms with Crippen LogP contribution >= 0.6 is 12.2 Å². The van der Waals surface area contributed by atoms with Gasteiger partial charge in [0.05, 0.1) is 13.2 Å². The fourth-order valence-electron chi connectivity index (χ4n) is 4.56. The highest BCUT2D eigenvalue weighted by Gasteiger charge is 2.50. The maximum absolute atomic E-state index is 13.2. The molecular formula is C23H21N3O2S. The zero-order chi connectivity index (χ0) is 20.1. The molecule has 1 saturated heterocycles. The SMILES string of the molecule is C=CCN1C(=O)[C@@H]2Cc3c([nH]c4ccccc34)[C@@H](c3ccc(OC)cc3)N2C1=S. The summed E-state index contributed by atoms with van der Waals surface area (Å²) in [5, 5.41) is 1.73. The van der Waals surface area contributed by atoms with Gasteiger partial charge in [0.1, 0.15) is 11.8 Å². The van der Waals surface area contributed by atoms with Crippen LogP contribution in [-0.2, 0) is 11.2 Å². The van der Waals surface area contributed by atoms with Gasteiger partial charge in [0.25, 0.3) is 5.91 Å². The fourth-order valence-corrected chi connectivity index (χ4v) is 4.96. The third-order valence-corrected chi connectivity index (χ3v) is 6.31. The van der Waals surface area contributed by atoms with Crippen LogP contribution in [0.2, 0.25) is 0 Å². The van der Waals surface area contributed by atoms with E-state index in [1.54, 1.807) is 18.1 Å². The second kappa shape index (κ2) is 6.74. The summed E-state index contributed by atoms with van der Waals surface area (Å²) in [5.41, 5.74) is 4.44. The van der Waals surface area contributed by atoms with E-state index in [1.807, 2.05) is 36.4 Å². The largest absolute Gasteiger partial charge is 0.497 e. The third kappa shape index (κ3) is 2.59. The predicted octanol–water partition coefficient (Wildman–Crippen LogP) is 3.81. The minimum Gasteiger partial charge on any atom is -0.497 e. The molecule has 0 radical (unpaired) electrons. The molecule has 1 aromatic heterocycles. The number of hydrogen-bond acceptors (Lipinski definition) is 3. The molecule has 0 spiro atoms. The van der Waals surface area contributed by atoms with Crippen molar-refractivity contribution in [2.24, 2.45) is 0 Å². The average Bonchev–Trinajstić information content (AvgIpc) is 3.23. The Kier molecular flexibility index (Phi) is 4.17. The standard InChI is InChI=1S/C23H21N3O2S/c1-3-12-25-22(27)19-13-17-16-6-4-5-7-18(16)24-20(17)21(26(19)23(25)29)14-8-10-15(28-2)11-9-14/h3-11,19,21,24H,1,12-13H2,2H3/t19-,21+/m0/s1. The van der Waals surface area contributed by atoms with Crippen molar-refractivity contribution in [1.29, 1.82) is 0 Å². The lowest BCUT2D eigenvalue weighted by Crippen LogP contribution is -2.44. The van der Waals surface area contributed by atoms with Crippen molar-refractivity contribution in [3.63, 3.8) is 0 Å². The van der Waals surface area contributed by atoms with Crippen LogP contribution in [0, 0.1) is 0 Å². The summed E-state index contributed by atoms with van der Waals surface area (Å²) in [6.45, 7) is 4.21. The van der Waals surface area contributed by atoms with Crippen LogP contribution in [0.15, 0.2) is 61.2 Å². The Labute approximate surface area is 174 Å². The first-order valence-electron chi connectivity index (χ1n) is 9.62. The molecule has 1 fully saturated rings. The number of amides is 1. The second-order valence-corrected chi connectivity index (χ2v) is 7.75. The molecule has 5 rings (SSSR count). The number of carbonyl (C=O) groups is 1. The molecule has 0 saturated carbocycles. The Morgan fingerprint density at radius 1 is 1.24 bits per heavy atom. The summed E-state index contributed by atoms with van der Waals surface area (Å²) < 4.78 is 5.33. The third-order valence-electron chi connectivity index (χ3n) is 5.88. The van der Waals surface area contributed by atoms with Crippen LogP contribution in [-0.4, -0.2) is 45.5 Å². The summed E-state index contributed by atoms with van der Waals surface area (Å²) in [7, 11) is 1.66. The average molecular weight is 404 g/mol. The number of para-hydroxylation sites is 1. The van der Waals surface area contributed by atoms with Gasteiger partial charge >= 0.3 is 0 Å². The molecule has 1 amide bonds. The number of nitrogens with one attached hydrogen (secondary N) is 1. The molecule has 3 heterocycles. The minimum atomic E-state index is -0.304. The number of hydrogen-bond donors (Lipinski definition) is 1. The van der Waals surface area contributed by atoms with E-state index >= 15 is 0 Å². The molecule has 6 heteroatoms. The topological polar surface area (TPSA) is 48.6 Å². The highest BCUT2D eigenvalue weighted by molar-refractivity contribution is 7.80. The molecule has 2 atom stereocenters. The van der Waals surface area contributed by atoms with Gasteiger partial charge in [-0.15, -0.1) is 6.58 Å². The number of rotatable bonds is 4. The van der Waals surface area contributed by atoms with Crippen LogP contribution in [0.1, 0.15) is 22.9 Å². The number of fused-ring (bicyclic) bond motifs is 4. The van der Waals surface area contributed by atoms with Crippen LogP contribution in [0.4, 0.5) is 0 Å². The molecule has 0 bridgehead atoms. The molecule has 2 aromatic carbocycles. The van der Waals surface area contributed by atoms with Crippen molar-refractivity contribution in [1.82, 2.24) is 14.8 Å². The summed E-state index contributed by atoms with van der Waals surface area (Å²) in [6, 6.07) is 15.8. The number of methoxy groups -OCH3 is 1. The molecule has 2 aliphatic heterocycles. The van der Waals surface area contributed by atoms with Gasteiger partial charge in [0.2, 0.25) is 0 Å². The lowest BCUT2D eigenvalue weighted by molar-refractivity contribution is -0.128. The van der Waals surface area contributed by atoms with Crippen molar-refractivity contribution in [2.45, 2.75) is 18.5 Å².